The average molecular weight is 430 g/mol. The molecule has 1 atom stereocenters. The topological polar surface area (TPSA) is 29.5 Å². The Kier molecular flexibility index (Phi) is 6.50. The van der Waals surface area contributed by atoms with Crippen molar-refractivity contribution in [3.8, 4) is 0 Å². The molecule has 1 N–H and O–H groups in total. The van der Waals surface area contributed by atoms with Gasteiger partial charge in [0.25, 0.3) is 6.43 Å². The molecular weight excluding hydrogens is 425 g/mol. The third-order valence-corrected chi connectivity index (χ3v) is 2.66. The molecule has 17 heteroatoms. The molecular formula is C9H5F15O2. The minimum absolute atomic E-state index is 2.26. The molecule has 0 fully saturated rings. The molecule has 1 unspecified atom stereocenters. The summed E-state index contributed by atoms with van der Waals surface area (Å²) in [5, 5.41) is 8.14. The summed E-state index contributed by atoms with van der Waals surface area (Å²) in [6.45, 7) is -2.26. The summed E-state index contributed by atoms with van der Waals surface area (Å²) in [7, 11) is 0. The van der Waals surface area contributed by atoms with Gasteiger partial charge in [0.1, 0.15) is 6.10 Å². The second-order valence-electron chi connectivity index (χ2n) is 4.49. The average Bonchev–Trinajstić information content (AvgIpc) is 2.42. The fourth-order valence-corrected chi connectivity index (χ4v) is 1.19. The van der Waals surface area contributed by atoms with E-state index in [-0.39, 0.29) is 0 Å². The molecule has 0 bridgehead atoms. The highest BCUT2D eigenvalue weighted by molar-refractivity contribution is 5.08. The quantitative estimate of drug-likeness (QED) is 0.582. The van der Waals surface area contributed by atoms with Gasteiger partial charge < -0.3 is 9.84 Å². The van der Waals surface area contributed by atoms with E-state index in [1.807, 2.05) is 0 Å². The maximum Gasteiger partial charge on any atom is 0.460 e. The predicted molar refractivity (Wildman–Crippen MR) is 48.8 cm³/mol. The first-order chi connectivity index (χ1) is 11.1. The van der Waals surface area contributed by atoms with Crippen LogP contribution in [-0.2, 0) is 4.74 Å². The highest BCUT2D eigenvalue weighted by Crippen LogP contribution is 2.60. The Labute approximate surface area is 132 Å². The van der Waals surface area contributed by atoms with E-state index in [0.29, 0.717) is 0 Å². The number of hydrogen-bond acceptors (Lipinski definition) is 2. The Morgan fingerprint density at radius 1 is 0.615 bits per heavy atom. The van der Waals surface area contributed by atoms with Crippen LogP contribution in [0.3, 0.4) is 0 Å². The lowest BCUT2D eigenvalue weighted by molar-refractivity contribution is -0.471. The van der Waals surface area contributed by atoms with Crippen LogP contribution in [0.25, 0.3) is 0 Å². The van der Waals surface area contributed by atoms with Crippen LogP contribution in [0.15, 0.2) is 0 Å². The van der Waals surface area contributed by atoms with Gasteiger partial charge in [-0.2, -0.15) is 57.1 Å². The van der Waals surface area contributed by atoms with Gasteiger partial charge in [-0.1, -0.05) is 0 Å². The molecule has 0 aromatic carbocycles. The van der Waals surface area contributed by atoms with E-state index in [1.165, 1.54) is 0 Å². The van der Waals surface area contributed by atoms with Crippen molar-refractivity contribution in [1.29, 1.82) is 0 Å². The molecule has 0 aliphatic rings. The molecule has 0 aliphatic carbocycles. The van der Waals surface area contributed by atoms with Gasteiger partial charge in [0.15, 0.2) is 0 Å². The van der Waals surface area contributed by atoms with E-state index in [1.54, 1.807) is 0 Å². The Bertz CT molecular complexity index is 482. The van der Waals surface area contributed by atoms with Crippen LogP contribution in [0.4, 0.5) is 65.9 Å². The Balaban J connectivity index is 6.16. The Hall–Kier alpha value is -1.13. The maximum absolute atomic E-state index is 13.0. The van der Waals surface area contributed by atoms with Crippen LogP contribution < -0.4 is 0 Å². The van der Waals surface area contributed by atoms with Crippen LogP contribution in [0.2, 0.25) is 0 Å². The molecule has 0 aliphatic heterocycles. The summed E-state index contributed by atoms with van der Waals surface area (Å²) in [5.41, 5.74) is 0. The molecule has 0 radical (unpaired) electrons. The van der Waals surface area contributed by atoms with E-state index < -0.39 is 55.1 Å². The summed E-state index contributed by atoms with van der Waals surface area (Å²) in [5.74, 6) is -32.1. The van der Waals surface area contributed by atoms with Crippen molar-refractivity contribution in [3.05, 3.63) is 0 Å². The Morgan fingerprint density at radius 3 is 1.23 bits per heavy atom. The van der Waals surface area contributed by atoms with Gasteiger partial charge in [-0.15, -0.1) is 0 Å². The van der Waals surface area contributed by atoms with Crippen LogP contribution >= 0.6 is 0 Å². The van der Waals surface area contributed by atoms with Crippen LogP contribution in [0.1, 0.15) is 0 Å². The van der Waals surface area contributed by atoms with Gasteiger partial charge in [0.05, 0.1) is 6.61 Å². The van der Waals surface area contributed by atoms with Crippen LogP contribution in [-0.4, -0.2) is 60.2 Å². The van der Waals surface area contributed by atoms with E-state index in [9.17, 15) is 65.9 Å². The van der Waals surface area contributed by atoms with Gasteiger partial charge in [-0.3, -0.25) is 0 Å². The third kappa shape index (κ3) is 3.63. The van der Waals surface area contributed by atoms with Crippen molar-refractivity contribution in [2.24, 2.45) is 0 Å². The zero-order valence-corrected chi connectivity index (χ0v) is 11.4. The summed E-state index contributed by atoms with van der Waals surface area (Å²) in [6, 6.07) is 0. The van der Waals surface area contributed by atoms with E-state index in [4.69, 9.17) is 5.11 Å². The largest absolute Gasteiger partial charge is 0.460 e. The second-order valence-corrected chi connectivity index (χ2v) is 4.49. The van der Waals surface area contributed by atoms with Crippen LogP contribution in [0.5, 0.6) is 0 Å². The molecule has 0 saturated carbocycles. The van der Waals surface area contributed by atoms with Crippen molar-refractivity contribution in [3.63, 3.8) is 0 Å². The van der Waals surface area contributed by atoms with Gasteiger partial charge >= 0.3 is 36.0 Å². The van der Waals surface area contributed by atoms with Crippen molar-refractivity contribution < 1.29 is 75.7 Å². The molecule has 0 aromatic rings. The highest BCUT2D eigenvalue weighted by Gasteiger charge is 2.91. The van der Waals surface area contributed by atoms with Gasteiger partial charge in [-0.25, -0.2) is 8.78 Å². The molecule has 2 nitrogen and oxygen atoms in total. The summed E-state index contributed by atoms with van der Waals surface area (Å²) < 4.78 is 190. The maximum atomic E-state index is 13.0. The molecule has 0 aromatic heterocycles. The summed E-state index contributed by atoms with van der Waals surface area (Å²) >= 11 is 0. The van der Waals surface area contributed by atoms with Gasteiger partial charge in [-0.05, 0) is 0 Å². The molecule has 0 heterocycles. The minimum atomic E-state index is -8.16. The zero-order chi connectivity index (χ0) is 21.6. The first-order valence-corrected chi connectivity index (χ1v) is 5.64. The predicted octanol–water partition coefficient (Wildman–Crippen LogP) is 4.33. The number of rotatable bonds is 8. The highest BCUT2D eigenvalue weighted by atomic mass is 19.4. The Morgan fingerprint density at radius 2 is 0.962 bits per heavy atom. The number of aliphatic hydroxyl groups excluding tert-OH is 1. The number of aliphatic hydroxyl groups is 1. The molecule has 158 valence electrons. The fourth-order valence-electron chi connectivity index (χ4n) is 1.19. The number of ether oxygens (including phenoxy) is 1. The lowest BCUT2D eigenvalue weighted by Crippen LogP contribution is -2.70. The molecule has 0 rings (SSSR count). The fraction of sp³-hybridized carbons (Fsp3) is 1.00. The SMILES string of the molecule is OCC(OC(F)(F)C(F)(F)C(F)(F)C(F)(F)C(F)(F)C(F)(F)F)C(F)F. The van der Waals surface area contributed by atoms with Crippen molar-refractivity contribution in [2.75, 3.05) is 6.61 Å². The number of halogens is 15. The van der Waals surface area contributed by atoms with Crippen molar-refractivity contribution in [2.45, 2.75) is 48.5 Å². The van der Waals surface area contributed by atoms with E-state index >= 15 is 0 Å². The van der Waals surface area contributed by atoms with E-state index in [2.05, 4.69) is 4.74 Å². The first kappa shape index (κ1) is 24.9. The second kappa shape index (κ2) is 6.79. The number of alkyl halides is 15. The smallest absolute Gasteiger partial charge is 0.393 e. The molecule has 0 amide bonds. The summed E-state index contributed by atoms with van der Waals surface area (Å²) in [6.07, 6.45) is -22.7. The van der Waals surface area contributed by atoms with Crippen molar-refractivity contribution in [1.82, 2.24) is 0 Å². The van der Waals surface area contributed by atoms with Gasteiger partial charge in [0.2, 0.25) is 0 Å². The molecule has 0 saturated heterocycles. The number of hydrogen-bond donors (Lipinski definition) is 1. The lowest BCUT2D eigenvalue weighted by atomic mass is 9.97. The first-order valence-electron chi connectivity index (χ1n) is 5.64. The lowest BCUT2D eigenvalue weighted by Gasteiger charge is -2.39. The minimum Gasteiger partial charge on any atom is -0.393 e. The standard InChI is InChI=1S/C9H5F15O2/c10-3(11)2(1-25)26-9(23,24)7(18,19)5(14,15)4(12,13)6(16,17)8(20,21)22/h2-3,25H,1H2. The molecule has 26 heavy (non-hydrogen) atoms. The summed E-state index contributed by atoms with van der Waals surface area (Å²) in [4.78, 5) is 0. The van der Waals surface area contributed by atoms with Crippen molar-refractivity contribution >= 4 is 0 Å². The molecule has 0 spiro atoms. The van der Waals surface area contributed by atoms with E-state index in [0.717, 1.165) is 0 Å². The third-order valence-electron chi connectivity index (χ3n) is 2.66. The normalized spacial score (nSPS) is 17.0. The monoisotopic (exact) mass is 430 g/mol. The van der Waals surface area contributed by atoms with Crippen LogP contribution in [0, 0.1) is 0 Å². The zero-order valence-electron chi connectivity index (χ0n) is 11.4. The van der Waals surface area contributed by atoms with Gasteiger partial charge in [0, 0.05) is 0 Å².